The third-order valence-corrected chi connectivity index (χ3v) is 8.11. The number of anilines is 1. The summed E-state index contributed by atoms with van der Waals surface area (Å²) in [6, 6.07) is 16.8. The molecule has 0 bridgehead atoms. The number of carbonyl (C=O) groups is 3. The topological polar surface area (TPSA) is 105 Å². The van der Waals surface area contributed by atoms with E-state index in [0.29, 0.717) is 68.5 Å². The first-order valence-electron chi connectivity index (χ1n) is 15.6. The van der Waals surface area contributed by atoms with Gasteiger partial charge in [0.1, 0.15) is 29.3 Å². The van der Waals surface area contributed by atoms with Crippen LogP contribution in [0.3, 0.4) is 0 Å². The van der Waals surface area contributed by atoms with E-state index >= 15 is 0 Å². The van der Waals surface area contributed by atoms with Gasteiger partial charge in [-0.05, 0) is 76.5 Å². The number of furan rings is 1. The van der Waals surface area contributed by atoms with Crippen molar-refractivity contribution >= 4 is 45.5 Å². The lowest BCUT2D eigenvalue weighted by atomic mass is 10.0. The SMILES string of the molecule is CN(C)CCOc1ccc2oc(C(=O)N3CCc4c3cc(OC(=O)N3CCN(C(=O)OC(C)(C)C)CC3)c3ccccc43)cc2c1. The van der Waals surface area contributed by atoms with Gasteiger partial charge in [0.2, 0.25) is 0 Å². The number of hydrogen-bond acceptors (Lipinski definition) is 8. The lowest BCUT2D eigenvalue weighted by Gasteiger charge is -2.35. The molecule has 4 aromatic rings. The second-order valence-corrected chi connectivity index (χ2v) is 12.9. The number of nitrogens with zero attached hydrogens (tertiary/aromatic N) is 4. The van der Waals surface area contributed by atoms with Crippen molar-refractivity contribution in [3.8, 4) is 11.5 Å². The maximum absolute atomic E-state index is 13.8. The predicted molar refractivity (Wildman–Crippen MR) is 175 cm³/mol. The Balaban J connectivity index is 1.20. The average molecular weight is 629 g/mol. The summed E-state index contributed by atoms with van der Waals surface area (Å²) in [6.07, 6.45) is -0.245. The van der Waals surface area contributed by atoms with E-state index < -0.39 is 17.8 Å². The van der Waals surface area contributed by atoms with Crippen molar-refractivity contribution in [2.75, 3.05) is 64.9 Å². The molecule has 0 spiro atoms. The highest BCUT2D eigenvalue weighted by atomic mass is 16.6. The Morgan fingerprint density at radius 3 is 2.26 bits per heavy atom. The Morgan fingerprint density at radius 1 is 0.870 bits per heavy atom. The van der Waals surface area contributed by atoms with Crippen molar-refractivity contribution in [1.29, 1.82) is 0 Å². The molecule has 1 saturated heterocycles. The Morgan fingerprint density at radius 2 is 1.57 bits per heavy atom. The third-order valence-electron chi connectivity index (χ3n) is 8.11. The number of hydrogen-bond donors (Lipinski definition) is 0. The zero-order valence-electron chi connectivity index (χ0n) is 27.0. The molecule has 3 heterocycles. The standard InChI is InChI=1S/C35H40N4O7/c1-35(2,3)46-34(42)38-16-14-37(15-17-38)33(41)45-30-22-28-26(25-8-6-7-9-27(25)30)12-13-39(28)32(40)31-21-23-20-24(10-11-29(23)44-31)43-19-18-36(4)5/h6-11,20-22H,12-19H2,1-5H3. The van der Waals surface area contributed by atoms with Gasteiger partial charge < -0.3 is 38.2 Å². The molecule has 1 aromatic heterocycles. The van der Waals surface area contributed by atoms with E-state index in [2.05, 4.69) is 0 Å². The summed E-state index contributed by atoms with van der Waals surface area (Å²) in [5, 5.41) is 2.50. The molecule has 0 radical (unpaired) electrons. The van der Waals surface area contributed by atoms with Crippen LogP contribution >= 0.6 is 0 Å². The molecule has 3 aromatic carbocycles. The van der Waals surface area contributed by atoms with E-state index in [4.69, 9.17) is 18.6 Å². The number of amides is 3. The van der Waals surface area contributed by atoms with Crippen LogP contribution in [0.2, 0.25) is 0 Å². The quantitative estimate of drug-likeness (QED) is 0.265. The summed E-state index contributed by atoms with van der Waals surface area (Å²) >= 11 is 0. The maximum Gasteiger partial charge on any atom is 0.415 e. The van der Waals surface area contributed by atoms with Crippen LogP contribution < -0.4 is 14.4 Å². The highest BCUT2D eigenvalue weighted by Crippen LogP contribution is 2.41. The van der Waals surface area contributed by atoms with Gasteiger partial charge in [-0.2, -0.15) is 0 Å². The van der Waals surface area contributed by atoms with Crippen LogP contribution in [0, 0.1) is 0 Å². The van der Waals surface area contributed by atoms with Gasteiger partial charge >= 0.3 is 12.2 Å². The fourth-order valence-electron chi connectivity index (χ4n) is 5.78. The van der Waals surface area contributed by atoms with Crippen molar-refractivity contribution in [2.24, 2.45) is 0 Å². The van der Waals surface area contributed by atoms with Gasteiger partial charge in [0.25, 0.3) is 5.91 Å². The molecule has 0 unspecified atom stereocenters. The minimum Gasteiger partial charge on any atom is -0.492 e. The number of benzene rings is 3. The summed E-state index contributed by atoms with van der Waals surface area (Å²) < 4.78 is 23.3. The average Bonchev–Trinajstić information content (AvgIpc) is 3.64. The molecule has 242 valence electrons. The van der Waals surface area contributed by atoms with Gasteiger partial charge in [0, 0.05) is 56.1 Å². The van der Waals surface area contributed by atoms with Crippen molar-refractivity contribution in [1.82, 2.24) is 14.7 Å². The first kappa shape index (κ1) is 31.2. The molecular weight excluding hydrogens is 588 g/mol. The highest BCUT2D eigenvalue weighted by molar-refractivity contribution is 6.10. The van der Waals surface area contributed by atoms with Gasteiger partial charge in [-0.3, -0.25) is 4.79 Å². The van der Waals surface area contributed by atoms with Crippen LogP contribution in [0.4, 0.5) is 15.3 Å². The van der Waals surface area contributed by atoms with Gasteiger partial charge in [-0.25, -0.2) is 9.59 Å². The predicted octanol–water partition coefficient (Wildman–Crippen LogP) is 5.78. The molecule has 11 heteroatoms. The van der Waals surface area contributed by atoms with E-state index in [1.807, 2.05) is 82.2 Å². The van der Waals surface area contributed by atoms with Crippen molar-refractivity contribution in [3.63, 3.8) is 0 Å². The van der Waals surface area contributed by atoms with E-state index in [-0.39, 0.29) is 11.7 Å². The Labute approximate surface area is 268 Å². The number of piperazine rings is 1. The lowest BCUT2D eigenvalue weighted by molar-refractivity contribution is 0.0154. The van der Waals surface area contributed by atoms with E-state index in [0.717, 1.165) is 28.3 Å². The van der Waals surface area contributed by atoms with Crippen LogP contribution in [0.5, 0.6) is 11.5 Å². The largest absolute Gasteiger partial charge is 0.492 e. The van der Waals surface area contributed by atoms with Crippen LogP contribution in [0.25, 0.3) is 21.7 Å². The smallest absolute Gasteiger partial charge is 0.415 e. The molecule has 3 amide bonds. The first-order valence-corrected chi connectivity index (χ1v) is 15.6. The highest BCUT2D eigenvalue weighted by Gasteiger charge is 2.32. The molecule has 0 atom stereocenters. The number of ether oxygens (including phenoxy) is 3. The Bertz CT molecular complexity index is 1780. The van der Waals surface area contributed by atoms with Crippen molar-refractivity contribution in [3.05, 3.63) is 65.9 Å². The molecular formula is C35H40N4O7. The second kappa shape index (κ2) is 12.6. The molecule has 0 saturated carbocycles. The molecule has 11 nitrogen and oxygen atoms in total. The molecule has 46 heavy (non-hydrogen) atoms. The molecule has 6 rings (SSSR count). The van der Waals surface area contributed by atoms with Gasteiger partial charge in [-0.1, -0.05) is 24.3 Å². The Hall–Kier alpha value is -4.77. The minimum absolute atomic E-state index is 0.225. The summed E-state index contributed by atoms with van der Waals surface area (Å²) in [5.74, 6) is 1.04. The normalized spacial score (nSPS) is 15.0. The van der Waals surface area contributed by atoms with Crippen LogP contribution in [0.15, 0.2) is 59.0 Å². The summed E-state index contributed by atoms with van der Waals surface area (Å²) in [7, 11) is 3.98. The van der Waals surface area contributed by atoms with Crippen LogP contribution in [-0.2, 0) is 11.2 Å². The number of fused-ring (bicyclic) bond motifs is 4. The van der Waals surface area contributed by atoms with Gasteiger partial charge in [0.15, 0.2) is 5.76 Å². The number of likely N-dealkylation sites (N-methyl/N-ethyl adjacent to an activating group) is 1. The van der Waals surface area contributed by atoms with Crippen LogP contribution in [-0.4, -0.2) is 98.4 Å². The van der Waals surface area contributed by atoms with Crippen molar-refractivity contribution in [2.45, 2.75) is 32.8 Å². The molecule has 0 N–H and O–H groups in total. The molecule has 2 aliphatic heterocycles. The van der Waals surface area contributed by atoms with Crippen LogP contribution in [0.1, 0.15) is 36.9 Å². The maximum atomic E-state index is 13.8. The fraction of sp³-hybridized carbons (Fsp3) is 0.400. The fourth-order valence-corrected chi connectivity index (χ4v) is 5.78. The van der Waals surface area contributed by atoms with Gasteiger partial charge in [-0.15, -0.1) is 0 Å². The van der Waals surface area contributed by atoms with Crippen molar-refractivity contribution < 1.29 is 33.0 Å². The molecule has 2 aliphatic rings. The lowest BCUT2D eigenvalue weighted by Crippen LogP contribution is -2.52. The molecule has 0 aliphatic carbocycles. The van der Waals surface area contributed by atoms with Gasteiger partial charge in [0.05, 0.1) is 5.69 Å². The number of rotatable bonds is 6. The summed E-state index contributed by atoms with van der Waals surface area (Å²) in [6.45, 7) is 8.61. The molecule has 1 fully saturated rings. The third kappa shape index (κ3) is 6.60. The first-order chi connectivity index (χ1) is 22.0. The van der Waals surface area contributed by atoms with E-state index in [1.165, 1.54) is 0 Å². The van der Waals surface area contributed by atoms with E-state index in [9.17, 15) is 14.4 Å². The Kier molecular flexibility index (Phi) is 8.52. The zero-order chi connectivity index (χ0) is 32.6. The minimum atomic E-state index is -0.592. The summed E-state index contributed by atoms with van der Waals surface area (Å²) in [4.78, 5) is 46.6. The zero-order valence-corrected chi connectivity index (χ0v) is 27.0. The monoisotopic (exact) mass is 628 g/mol. The second-order valence-electron chi connectivity index (χ2n) is 12.9. The van der Waals surface area contributed by atoms with E-state index in [1.54, 1.807) is 26.8 Å². The summed E-state index contributed by atoms with van der Waals surface area (Å²) in [5.41, 5.74) is 1.71. The number of carbonyl (C=O) groups excluding carboxylic acids is 3.